The monoisotopic (exact) mass is 329 g/mol. The van der Waals surface area contributed by atoms with E-state index in [0.717, 1.165) is 24.8 Å². The molecule has 0 unspecified atom stereocenters. The normalized spacial score (nSPS) is 18.6. The first-order valence-electron chi connectivity index (χ1n) is 6.92. The Kier molecular flexibility index (Phi) is 5.48. The van der Waals surface area contributed by atoms with Crippen LogP contribution in [0.25, 0.3) is 0 Å². The molecule has 1 aliphatic rings. The van der Waals surface area contributed by atoms with Crippen molar-refractivity contribution in [3.63, 3.8) is 0 Å². The zero-order valence-electron chi connectivity index (χ0n) is 11.5. The standard InChI is InChI=1S/C15H17Cl2NO3/c16-12-5-4-10(7-13(12)17)8-14(19)18-6-2-1-3-11(18)9-15(20)21/h4-5,7,11H,1-3,6,8-9H2,(H,20,21)/t11-/m0/s1. The van der Waals surface area contributed by atoms with E-state index in [1.54, 1.807) is 23.1 Å². The molecule has 114 valence electrons. The Morgan fingerprint density at radius 3 is 2.67 bits per heavy atom. The molecule has 1 atom stereocenters. The summed E-state index contributed by atoms with van der Waals surface area (Å²) in [5, 5.41) is 9.82. The maximum Gasteiger partial charge on any atom is 0.305 e. The predicted molar refractivity (Wildman–Crippen MR) is 81.8 cm³/mol. The van der Waals surface area contributed by atoms with E-state index in [9.17, 15) is 9.59 Å². The number of carboxylic acid groups (broad SMARTS) is 1. The fourth-order valence-corrected chi connectivity index (χ4v) is 2.99. The zero-order valence-corrected chi connectivity index (χ0v) is 13.0. The highest BCUT2D eigenvalue weighted by atomic mass is 35.5. The van der Waals surface area contributed by atoms with Gasteiger partial charge in [0.2, 0.25) is 5.91 Å². The molecule has 1 fully saturated rings. The van der Waals surface area contributed by atoms with Gasteiger partial charge in [-0.25, -0.2) is 0 Å². The molecule has 1 N–H and O–H groups in total. The SMILES string of the molecule is O=C(O)C[C@@H]1CCCCN1C(=O)Cc1ccc(Cl)c(Cl)c1. The van der Waals surface area contributed by atoms with Crippen LogP contribution < -0.4 is 0 Å². The number of rotatable bonds is 4. The van der Waals surface area contributed by atoms with Gasteiger partial charge >= 0.3 is 5.97 Å². The molecule has 0 aromatic heterocycles. The van der Waals surface area contributed by atoms with Gasteiger partial charge in [0, 0.05) is 12.6 Å². The number of halogens is 2. The van der Waals surface area contributed by atoms with Gasteiger partial charge in [-0.15, -0.1) is 0 Å². The lowest BCUT2D eigenvalue weighted by Gasteiger charge is -2.35. The van der Waals surface area contributed by atoms with Crippen LogP contribution in [0.4, 0.5) is 0 Å². The Balaban J connectivity index is 2.06. The maximum atomic E-state index is 12.4. The van der Waals surface area contributed by atoms with Crippen LogP contribution in [0.2, 0.25) is 10.0 Å². The van der Waals surface area contributed by atoms with Crippen LogP contribution in [-0.2, 0) is 16.0 Å². The van der Waals surface area contributed by atoms with Gasteiger partial charge in [-0.1, -0.05) is 29.3 Å². The van der Waals surface area contributed by atoms with Gasteiger partial charge in [0.05, 0.1) is 22.9 Å². The van der Waals surface area contributed by atoms with Crippen LogP contribution in [0.5, 0.6) is 0 Å². The van der Waals surface area contributed by atoms with Crippen molar-refractivity contribution < 1.29 is 14.7 Å². The average molecular weight is 330 g/mol. The Labute approximate surface area is 133 Å². The third-order valence-corrected chi connectivity index (χ3v) is 4.44. The number of nitrogens with zero attached hydrogens (tertiary/aromatic N) is 1. The van der Waals surface area contributed by atoms with Crippen molar-refractivity contribution in [3.8, 4) is 0 Å². The van der Waals surface area contributed by atoms with E-state index in [1.807, 2.05) is 0 Å². The van der Waals surface area contributed by atoms with E-state index >= 15 is 0 Å². The van der Waals surface area contributed by atoms with Gasteiger partial charge < -0.3 is 10.0 Å². The van der Waals surface area contributed by atoms with Gasteiger partial charge in [-0.2, -0.15) is 0 Å². The van der Waals surface area contributed by atoms with Crippen LogP contribution >= 0.6 is 23.2 Å². The molecule has 1 aliphatic heterocycles. The van der Waals surface area contributed by atoms with Crippen molar-refractivity contribution >= 4 is 35.1 Å². The zero-order chi connectivity index (χ0) is 15.4. The number of hydrogen-bond acceptors (Lipinski definition) is 2. The number of amides is 1. The van der Waals surface area contributed by atoms with Gasteiger partial charge in [-0.3, -0.25) is 9.59 Å². The lowest BCUT2D eigenvalue weighted by Crippen LogP contribution is -2.45. The highest BCUT2D eigenvalue weighted by Gasteiger charge is 2.28. The lowest BCUT2D eigenvalue weighted by molar-refractivity contribution is -0.141. The van der Waals surface area contributed by atoms with Crippen LogP contribution in [0, 0.1) is 0 Å². The van der Waals surface area contributed by atoms with E-state index in [2.05, 4.69) is 0 Å². The van der Waals surface area contributed by atoms with Gasteiger partial charge in [0.15, 0.2) is 0 Å². The van der Waals surface area contributed by atoms with E-state index < -0.39 is 5.97 Å². The van der Waals surface area contributed by atoms with Crippen LogP contribution in [0.15, 0.2) is 18.2 Å². The first kappa shape index (κ1) is 16.1. The first-order chi connectivity index (χ1) is 9.97. The second-order valence-electron chi connectivity index (χ2n) is 5.26. The van der Waals surface area contributed by atoms with Crippen molar-refractivity contribution in [1.29, 1.82) is 0 Å². The summed E-state index contributed by atoms with van der Waals surface area (Å²) in [7, 11) is 0. The number of aliphatic carboxylic acids is 1. The average Bonchev–Trinajstić information content (AvgIpc) is 2.43. The van der Waals surface area contributed by atoms with Crippen LogP contribution in [-0.4, -0.2) is 34.5 Å². The first-order valence-corrected chi connectivity index (χ1v) is 7.68. The smallest absolute Gasteiger partial charge is 0.305 e. The summed E-state index contributed by atoms with van der Waals surface area (Å²) in [6.07, 6.45) is 2.86. The topological polar surface area (TPSA) is 57.6 Å². The number of hydrogen-bond donors (Lipinski definition) is 1. The largest absolute Gasteiger partial charge is 0.481 e. The van der Waals surface area contributed by atoms with Crippen molar-refractivity contribution in [1.82, 2.24) is 4.90 Å². The molecule has 0 bridgehead atoms. The highest BCUT2D eigenvalue weighted by molar-refractivity contribution is 6.42. The minimum absolute atomic E-state index is 0.00706. The Bertz CT molecular complexity index is 548. The van der Waals surface area contributed by atoms with Crippen molar-refractivity contribution in [2.24, 2.45) is 0 Å². The van der Waals surface area contributed by atoms with Crippen molar-refractivity contribution in [2.75, 3.05) is 6.54 Å². The van der Waals surface area contributed by atoms with Gasteiger partial charge in [0.1, 0.15) is 0 Å². The van der Waals surface area contributed by atoms with E-state index in [0.29, 0.717) is 16.6 Å². The van der Waals surface area contributed by atoms with E-state index in [1.165, 1.54) is 0 Å². The molecule has 1 amide bonds. The molecular weight excluding hydrogens is 313 g/mol. The van der Waals surface area contributed by atoms with Gasteiger partial charge in [-0.05, 0) is 37.0 Å². The van der Waals surface area contributed by atoms with Crippen LogP contribution in [0.1, 0.15) is 31.2 Å². The number of benzene rings is 1. The quantitative estimate of drug-likeness (QED) is 0.921. The fourth-order valence-electron chi connectivity index (χ4n) is 2.67. The molecule has 1 aromatic carbocycles. The number of carbonyl (C=O) groups excluding carboxylic acids is 1. The molecule has 0 saturated carbocycles. The molecule has 0 aliphatic carbocycles. The van der Waals surface area contributed by atoms with Crippen molar-refractivity contribution in [2.45, 2.75) is 38.1 Å². The third kappa shape index (κ3) is 4.35. The minimum Gasteiger partial charge on any atom is -0.481 e. The molecule has 1 heterocycles. The van der Waals surface area contributed by atoms with E-state index in [4.69, 9.17) is 28.3 Å². The maximum absolute atomic E-state index is 12.4. The summed E-state index contributed by atoms with van der Waals surface area (Å²) in [6.45, 7) is 0.623. The summed E-state index contributed by atoms with van der Waals surface area (Å²) < 4.78 is 0. The van der Waals surface area contributed by atoms with E-state index in [-0.39, 0.29) is 24.8 Å². The summed E-state index contributed by atoms with van der Waals surface area (Å²) in [5.74, 6) is -0.923. The molecule has 21 heavy (non-hydrogen) atoms. The molecule has 0 radical (unpaired) electrons. The predicted octanol–water partition coefficient (Wildman–Crippen LogP) is 3.39. The summed E-state index contributed by atoms with van der Waals surface area (Å²) >= 11 is 11.8. The van der Waals surface area contributed by atoms with Crippen LogP contribution in [0.3, 0.4) is 0 Å². The Hall–Kier alpha value is -1.26. The van der Waals surface area contributed by atoms with Gasteiger partial charge in [0.25, 0.3) is 0 Å². The molecule has 1 aromatic rings. The number of carbonyl (C=O) groups is 2. The number of likely N-dealkylation sites (tertiary alicyclic amines) is 1. The summed E-state index contributed by atoms with van der Waals surface area (Å²) in [5.41, 5.74) is 0.786. The minimum atomic E-state index is -0.866. The molecule has 4 nitrogen and oxygen atoms in total. The molecular formula is C15H17Cl2NO3. The molecule has 6 heteroatoms. The fraction of sp³-hybridized carbons (Fsp3) is 0.467. The summed E-state index contributed by atoms with van der Waals surface area (Å²) in [4.78, 5) is 25.0. The Morgan fingerprint density at radius 1 is 1.24 bits per heavy atom. The highest BCUT2D eigenvalue weighted by Crippen LogP contribution is 2.24. The molecule has 1 saturated heterocycles. The second-order valence-corrected chi connectivity index (χ2v) is 6.07. The molecule has 0 spiro atoms. The second kappa shape index (κ2) is 7.14. The lowest BCUT2D eigenvalue weighted by atomic mass is 9.98. The summed E-state index contributed by atoms with van der Waals surface area (Å²) in [6, 6.07) is 4.91. The third-order valence-electron chi connectivity index (χ3n) is 3.70. The Morgan fingerprint density at radius 2 is 2.00 bits per heavy atom. The number of piperidine rings is 1. The number of carboxylic acids is 1. The van der Waals surface area contributed by atoms with Crippen molar-refractivity contribution in [3.05, 3.63) is 33.8 Å². The molecule has 2 rings (SSSR count).